The minimum absolute atomic E-state index is 0.0896. The van der Waals surface area contributed by atoms with Crippen LogP contribution >= 0.6 is 0 Å². The summed E-state index contributed by atoms with van der Waals surface area (Å²) in [5.41, 5.74) is 4.75. The Morgan fingerprint density at radius 2 is 1.86 bits per heavy atom. The average molecular weight is 394 g/mol. The van der Waals surface area contributed by atoms with E-state index in [0.717, 1.165) is 23.2 Å². The van der Waals surface area contributed by atoms with Gasteiger partial charge in [0.1, 0.15) is 0 Å². The van der Waals surface area contributed by atoms with E-state index >= 15 is 0 Å². The molecule has 0 unspecified atom stereocenters. The van der Waals surface area contributed by atoms with E-state index < -0.39 is 17.8 Å². The molecular formula is C23H26N2O4. The molecule has 2 amide bonds. The van der Waals surface area contributed by atoms with Crippen LogP contribution in [0.3, 0.4) is 0 Å². The molecule has 0 aromatic heterocycles. The number of hydrogen-bond donors (Lipinski definition) is 1. The van der Waals surface area contributed by atoms with Crippen molar-refractivity contribution in [2.45, 2.75) is 33.6 Å². The number of benzene rings is 2. The van der Waals surface area contributed by atoms with Gasteiger partial charge in [-0.15, -0.1) is 0 Å². The minimum Gasteiger partial charge on any atom is -0.455 e. The maximum atomic E-state index is 12.4. The highest BCUT2D eigenvalue weighted by molar-refractivity contribution is 6.00. The van der Waals surface area contributed by atoms with Gasteiger partial charge in [0.15, 0.2) is 6.61 Å². The maximum Gasteiger partial charge on any atom is 0.311 e. The third-order valence-corrected chi connectivity index (χ3v) is 5.32. The Hall–Kier alpha value is -3.15. The van der Waals surface area contributed by atoms with Crippen LogP contribution in [-0.4, -0.2) is 30.9 Å². The highest BCUT2D eigenvalue weighted by Crippen LogP contribution is 2.29. The molecule has 1 aliphatic heterocycles. The fourth-order valence-electron chi connectivity index (χ4n) is 3.40. The first-order chi connectivity index (χ1) is 13.9. The summed E-state index contributed by atoms with van der Waals surface area (Å²) in [7, 11) is 0. The van der Waals surface area contributed by atoms with Crippen molar-refractivity contribution >= 4 is 29.2 Å². The van der Waals surface area contributed by atoms with Gasteiger partial charge in [0.2, 0.25) is 5.91 Å². The van der Waals surface area contributed by atoms with Crippen LogP contribution in [0.25, 0.3) is 0 Å². The van der Waals surface area contributed by atoms with Crippen molar-refractivity contribution in [1.82, 2.24) is 0 Å². The molecule has 1 atom stereocenters. The van der Waals surface area contributed by atoms with Crippen molar-refractivity contribution in [1.29, 1.82) is 0 Å². The van der Waals surface area contributed by atoms with Crippen LogP contribution in [0.5, 0.6) is 0 Å². The molecule has 1 aliphatic rings. The first kappa shape index (κ1) is 20.6. The second-order valence-corrected chi connectivity index (χ2v) is 7.33. The zero-order chi connectivity index (χ0) is 21.0. The zero-order valence-corrected chi connectivity index (χ0v) is 17.0. The second-order valence-electron chi connectivity index (χ2n) is 7.33. The van der Waals surface area contributed by atoms with Crippen molar-refractivity contribution in [2.75, 3.05) is 23.4 Å². The standard InChI is InChI=1S/C23H26N2O4/c1-4-17-8-10-19(11-9-17)24-21(26)14-29-23(28)18-12-22(27)25(13-18)20-7-5-6-15(2)16(20)3/h5-11,18H,4,12-14H2,1-3H3,(H,24,26)/t18-/m0/s1. The van der Waals surface area contributed by atoms with Crippen molar-refractivity contribution in [3.05, 3.63) is 59.2 Å². The average Bonchev–Trinajstić information content (AvgIpc) is 3.10. The van der Waals surface area contributed by atoms with E-state index in [4.69, 9.17) is 4.74 Å². The maximum absolute atomic E-state index is 12.4. The monoisotopic (exact) mass is 394 g/mol. The van der Waals surface area contributed by atoms with Crippen LogP contribution in [0, 0.1) is 19.8 Å². The highest BCUT2D eigenvalue weighted by Gasteiger charge is 2.37. The number of carbonyl (C=O) groups is 3. The van der Waals surface area contributed by atoms with E-state index in [-0.39, 0.29) is 25.5 Å². The number of esters is 1. The number of ether oxygens (including phenoxy) is 1. The minimum atomic E-state index is -0.570. The first-order valence-corrected chi connectivity index (χ1v) is 9.81. The Labute approximate surface area is 170 Å². The Morgan fingerprint density at radius 1 is 1.14 bits per heavy atom. The molecule has 2 aromatic carbocycles. The predicted octanol–water partition coefficient (Wildman–Crippen LogP) is 3.40. The normalized spacial score (nSPS) is 16.0. The van der Waals surface area contributed by atoms with Gasteiger partial charge in [-0.1, -0.05) is 31.2 Å². The summed E-state index contributed by atoms with van der Waals surface area (Å²) in [6.07, 6.45) is 1.01. The molecule has 29 heavy (non-hydrogen) atoms. The summed E-state index contributed by atoms with van der Waals surface area (Å²) in [5.74, 6) is -1.61. The smallest absolute Gasteiger partial charge is 0.311 e. The van der Waals surface area contributed by atoms with E-state index in [2.05, 4.69) is 12.2 Å². The van der Waals surface area contributed by atoms with Gasteiger partial charge >= 0.3 is 5.97 Å². The van der Waals surface area contributed by atoms with Gasteiger partial charge in [-0.05, 0) is 55.2 Å². The molecule has 152 valence electrons. The van der Waals surface area contributed by atoms with Crippen LogP contribution in [0.4, 0.5) is 11.4 Å². The molecule has 0 bridgehead atoms. The van der Waals surface area contributed by atoms with E-state index in [1.807, 2.05) is 56.3 Å². The van der Waals surface area contributed by atoms with Gasteiger partial charge < -0.3 is 15.0 Å². The van der Waals surface area contributed by atoms with Crippen LogP contribution < -0.4 is 10.2 Å². The molecule has 1 saturated heterocycles. The predicted molar refractivity (Wildman–Crippen MR) is 112 cm³/mol. The highest BCUT2D eigenvalue weighted by atomic mass is 16.5. The Bertz CT molecular complexity index is 921. The van der Waals surface area contributed by atoms with Crippen LogP contribution in [-0.2, 0) is 25.5 Å². The van der Waals surface area contributed by atoms with Gasteiger partial charge in [-0.3, -0.25) is 14.4 Å². The third kappa shape index (κ3) is 4.83. The van der Waals surface area contributed by atoms with Gasteiger partial charge in [0.05, 0.1) is 5.92 Å². The summed E-state index contributed by atoms with van der Waals surface area (Å²) >= 11 is 0. The SMILES string of the molecule is CCc1ccc(NC(=O)COC(=O)[C@H]2CC(=O)N(c3cccc(C)c3C)C2)cc1. The molecule has 0 spiro atoms. The lowest BCUT2D eigenvalue weighted by molar-refractivity contribution is -0.151. The topological polar surface area (TPSA) is 75.7 Å². The molecule has 3 rings (SSSR count). The molecule has 0 aliphatic carbocycles. The molecule has 6 nitrogen and oxygen atoms in total. The Morgan fingerprint density at radius 3 is 2.55 bits per heavy atom. The number of rotatable bonds is 6. The summed E-state index contributed by atoms with van der Waals surface area (Å²) in [6, 6.07) is 13.3. The fourth-order valence-corrected chi connectivity index (χ4v) is 3.40. The Kier molecular flexibility index (Phi) is 6.32. The number of nitrogens with one attached hydrogen (secondary N) is 1. The summed E-state index contributed by atoms with van der Waals surface area (Å²) in [6.45, 7) is 5.90. The van der Waals surface area contributed by atoms with E-state index in [1.165, 1.54) is 5.56 Å². The molecule has 0 saturated carbocycles. The molecule has 6 heteroatoms. The summed E-state index contributed by atoms with van der Waals surface area (Å²) in [5, 5.41) is 2.70. The van der Waals surface area contributed by atoms with Crippen LogP contribution in [0.1, 0.15) is 30.0 Å². The zero-order valence-electron chi connectivity index (χ0n) is 17.0. The second kappa shape index (κ2) is 8.90. The summed E-state index contributed by atoms with van der Waals surface area (Å²) < 4.78 is 5.16. The van der Waals surface area contributed by atoms with Gasteiger partial charge in [-0.2, -0.15) is 0 Å². The Balaban J connectivity index is 1.53. The molecular weight excluding hydrogens is 368 g/mol. The molecule has 2 aromatic rings. The number of aryl methyl sites for hydroxylation is 2. The quantitative estimate of drug-likeness (QED) is 0.762. The lowest BCUT2D eigenvalue weighted by Gasteiger charge is -2.20. The fraction of sp³-hybridized carbons (Fsp3) is 0.348. The van der Waals surface area contributed by atoms with Crippen molar-refractivity contribution in [2.24, 2.45) is 5.92 Å². The van der Waals surface area contributed by atoms with E-state index in [9.17, 15) is 14.4 Å². The number of nitrogens with zero attached hydrogens (tertiary/aromatic N) is 1. The van der Waals surface area contributed by atoms with Crippen molar-refractivity contribution < 1.29 is 19.1 Å². The van der Waals surface area contributed by atoms with Crippen LogP contribution in [0.15, 0.2) is 42.5 Å². The van der Waals surface area contributed by atoms with Gasteiger partial charge in [0.25, 0.3) is 5.91 Å². The molecule has 0 radical (unpaired) electrons. The number of anilines is 2. The van der Waals surface area contributed by atoms with Crippen molar-refractivity contribution in [3.8, 4) is 0 Å². The summed E-state index contributed by atoms with van der Waals surface area (Å²) in [4.78, 5) is 38.5. The molecule has 1 N–H and O–H groups in total. The van der Waals surface area contributed by atoms with Crippen LogP contribution in [0.2, 0.25) is 0 Å². The lowest BCUT2D eigenvalue weighted by Crippen LogP contribution is -2.28. The third-order valence-electron chi connectivity index (χ3n) is 5.32. The molecule has 1 heterocycles. The number of carbonyl (C=O) groups excluding carboxylic acids is 3. The number of amides is 2. The largest absolute Gasteiger partial charge is 0.455 e. The first-order valence-electron chi connectivity index (χ1n) is 9.81. The van der Waals surface area contributed by atoms with Gasteiger partial charge in [0, 0.05) is 24.3 Å². The van der Waals surface area contributed by atoms with E-state index in [1.54, 1.807) is 4.90 Å². The van der Waals surface area contributed by atoms with E-state index in [0.29, 0.717) is 5.69 Å². The lowest BCUT2D eigenvalue weighted by atomic mass is 10.1. The molecule has 1 fully saturated rings. The van der Waals surface area contributed by atoms with Crippen molar-refractivity contribution in [3.63, 3.8) is 0 Å². The number of hydrogen-bond acceptors (Lipinski definition) is 4. The van der Waals surface area contributed by atoms with Gasteiger partial charge in [-0.25, -0.2) is 0 Å².